The molecule has 0 aliphatic rings. The van der Waals surface area contributed by atoms with Crippen LogP contribution < -0.4 is 5.32 Å². The Kier molecular flexibility index (Phi) is 2.24. The van der Waals surface area contributed by atoms with Crippen molar-refractivity contribution < 1.29 is 4.79 Å². The molecule has 11 heavy (non-hydrogen) atoms. The molecule has 3 nitrogen and oxygen atoms in total. The molecular formula is C8H6N2O. The van der Waals surface area contributed by atoms with Gasteiger partial charge in [-0.25, -0.2) is 4.85 Å². The number of hydrogen-bond donors (Lipinski definition) is 1. The highest BCUT2D eigenvalue weighted by molar-refractivity contribution is 5.72. The number of nitrogens with one attached hydrogen (secondary N) is 1. The van der Waals surface area contributed by atoms with Crippen molar-refractivity contribution in [2.24, 2.45) is 0 Å². The summed E-state index contributed by atoms with van der Waals surface area (Å²) >= 11 is 0. The second kappa shape index (κ2) is 3.37. The molecule has 1 amide bonds. The predicted molar refractivity (Wildman–Crippen MR) is 42.4 cm³/mol. The van der Waals surface area contributed by atoms with Gasteiger partial charge in [0.1, 0.15) is 0 Å². The lowest BCUT2D eigenvalue weighted by atomic mass is 10.3. The fourth-order valence-electron chi connectivity index (χ4n) is 0.700. The number of carbonyl (C=O) groups excluding carboxylic acids is 1. The van der Waals surface area contributed by atoms with Gasteiger partial charge in [0.15, 0.2) is 5.69 Å². The van der Waals surface area contributed by atoms with Gasteiger partial charge in [-0.05, 0) is 12.1 Å². The summed E-state index contributed by atoms with van der Waals surface area (Å²) in [7, 11) is 0. The van der Waals surface area contributed by atoms with Crippen molar-refractivity contribution in [1.82, 2.24) is 0 Å². The van der Waals surface area contributed by atoms with Crippen LogP contribution in [0.5, 0.6) is 0 Å². The Morgan fingerprint density at radius 3 is 2.45 bits per heavy atom. The minimum absolute atomic E-state index is 0.571. The number of rotatable bonds is 2. The van der Waals surface area contributed by atoms with E-state index in [2.05, 4.69) is 10.2 Å². The van der Waals surface area contributed by atoms with E-state index in [9.17, 15) is 4.79 Å². The molecule has 0 saturated carbocycles. The van der Waals surface area contributed by atoms with E-state index < -0.39 is 0 Å². The monoisotopic (exact) mass is 146 g/mol. The molecule has 0 bridgehead atoms. The normalized spacial score (nSPS) is 8.27. The van der Waals surface area contributed by atoms with Crippen molar-refractivity contribution in [3.63, 3.8) is 0 Å². The molecule has 1 rings (SSSR count). The highest BCUT2D eigenvalue weighted by Crippen LogP contribution is 2.14. The zero-order chi connectivity index (χ0) is 8.10. The summed E-state index contributed by atoms with van der Waals surface area (Å²) in [5.41, 5.74) is 1.27. The number of nitrogens with zero attached hydrogens (tertiary/aromatic N) is 1. The number of anilines is 1. The molecule has 0 saturated heterocycles. The highest BCUT2D eigenvalue weighted by atomic mass is 16.1. The number of hydrogen-bond acceptors (Lipinski definition) is 1. The van der Waals surface area contributed by atoms with Crippen molar-refractivity contribution in [2.45, 2.75) is 0 Å². The number of benzene rings is 1. The first-order valence-corrected chi connectivity index (χ1v) is 3.04. The summed E-state index contributed by atoms with van der Waals surface area (Å²) < 4.78 is 0. The van der Waals surface area contributed by atoms with E-state index in [1.807, 2.05) is 0 Å². The van der Waals surface area contributed by atoms with Crippen LogP contribution in [-0.2, 0) is 4.79 Å². The van der Waals surface area contributed by atoms with Crippen LogP contribution in [0.25, 0.3) is 4.85 Å². The Hall–Kier alpha value is -1.82. The van der Waals surface area contributed by atoms with Crippen LogP contribution in [0, 0.1) is 6.57 Å². The maximum atomic E-state index is 9.96. The second-order valence-electron chi connectivity index (χ2n) is 1.92. The van der Waals surface area contributed by atoms with E-state index in [4.69, 9.17) is 6.57 Å². The third kappa shape index (κ3) is 1.80. The molecule has 0 radical (unpaired) electrons. The Bertz CT molecular complexity index is 284. The van der Waals surface area contributed by atoms with Crippen LogP contribution in [0.3, 0.4) is 0 Å². The zero-order valence-electron chi connectivity index (χ0n) is 5.74. The van der Waals surface area contributed by atoms with Crippen molar-refractivity contribution in [3.8, 4) is 0 Å². The van der Waals surface area contributed by atoms with E-state index in [0.717, 1.165) is 0 Å². The Labute approximate surface area is 64.5 Å². The minimum Gasteiger partial charge on any atom is -0.329 e. The van der Waals surface area contributed by atoms with Crippen molar-refractivity contribution >= 4 is 17.8 Å². The summed E-state index contributed by atoms with van der Waals surface area (Å²) in [6.45, 7) is 6.65. The van der Waals surface area contributed by atoms with Crippen LogP contribution >= 0.6 is 0 Å². The lowest BCUT2D eigenvalue weighted by Gasteiger charge is -1.95. The quantitative estimate of drug-likeness (QED) is 0.501. The summed E-state index contributed by atoms with van der Waals surface area (Å²) in [5, 5.41) is 2.48. The Balaban J connectivity index is 2.84. The predicted octanol–water partition coefficient (Wildman–Crippen LogP) is 1.81. The van der Waals surface area contributed by atoms with Crippen molar-refractivity contribution in [1.29, 1.82) is 0 Å². The van der Waals surface area contributed by atoms with Gasteiger partial charge in [0.05, 0.1) is 6.57 Å². The van der Waals surface area contributed by atoms with Gasteiger partial charge >= 0.3 is 0 Å². The maximum Gasteiger partial charge on any atom is 0.211 e. The van der Waals surface area contributed by atoms with E-state index in [1.165, 1.54) is 0 Å². The molecule has 0 unspecified atom stereocenters. The topological polar surface area (TPSA) is 33.5 Å². The highest BCUT2D eigenvalue weighted by Gasteiger charge is 1.89. The van der Waals surface area contributed by atoms with Gasteiger partial charge in [0, 0.05) is 5.69 Å². The summed E-state index contributed by atoms with van der Waals surface area (Å²) in [6, 6.07) is 6.67. The average Bonchev–Trinajstić information content (AvgIpc) is 2.07. The van der Waals surface area contributed by atoms with Crippen LogP contribution in [0.15, 0.2) is 24.3 Å². The smallest absolute Gasteiger partial charge is 0.211 e. The molecule has 1 N–H and O–H groups in total. The molecule has 1 aromatic carbocycles. The third-order valence-corrected chi connectivity index (χ3v) is 1.22. The molecule has 0 spiro atoms. The van der Waals surface area contributed by atoms with E-state index in [-0.39, 0.29) is 0 Å². The molecule has 0 heterocycles. The van der Waals surface area contributed by atoms with Gasteiger partial charge in [-0.3, -0.25) is 4.79 Å². The molecular weight excluding hydrogens is 140 g/mol. The van der Waals surface area contributed by atoms with Crippen LogP contribution in [-0.4, -0.2) is 6.41 Å². The SMILES string of the molecule is [C-]#[N+]c1ccc(NC=O)cc1. The summed E-state index contributed by atoms with van der Waals surface area (Å²) in [5.74, 6) is 0. The van der Waals surface area contributed by atoms with Gasteiger partial charge in [-0.1, -0.05) is 12.1 Å². The third-order valence-electron chi connectivity index (χ3n) is 1.22. The zero-order valence-corrected chi connectivity index (χ0v) is 5.74. The molecule has 3 heteroatoms. The van der Waals surface area contributed by atoms with Gasteiger partial charge in [-0.2, -0.15) is 0 Å². The molecule has 0 fully saturated rings. The molecule has 54 valence electrons. The molecule has 0 aromatic heterocycles. The van der Waals surface area contributed by atoms with Gasteiger partial charge in [-0.15, -0.1) is 0 Å². The van der Waals surface area contributed by atoms with E-state index in [0.29, 0.717) is 17.8 Å². The van der Waals surface area contributed by atoms with Gasteiger partial charge in [0.2, 0.25) is 6.41 Å². The first-order valence-electron chi connectivity index (χ1n) is 3.04. The van der Waals surface area contributed by atoms with Gasteiger partial charge in [0.25, 0.3) is 0 Å². The molecule has 0 aliphatic carbocycles. The lowest BCUT2D eigenvalue weighted by molar-refractivity contribution is -0.105. The minimum atomic E-state index is 0.571. The molecule has 0 atom stereocenters. The molecule has 0 aliphatic heterocycles. The fourth-order valence-corrected chi connectivity index (χ4v) is 0.700. The summed E-state index contributed by atoms with van der Waals surface area (Å²) in [6.07, 6.45) is 0.604. The Morgan fingerprint density at radius 1 is 1.36 bits per heavy atom. The fraction of sp³-hybridized carbons (Fsp3) is 0. The number of amides is 1. The first-order chi connectivity index (χ1) is 5.36. The second-order valence-corrected chi connectivity index (χ2v) is 1.92. The first kappa shape index (κ1) is 7.29. The van der Waals surface area contributed by atoms with Gasteiger partial charge < -0.3 is 5.32 Å². The van der Waals surface area contributed by atoms with Crippen LogP contribution in [0.4, 0.5) is 11.4 Å². The maximum absolute atomic E-state index is 9.96. The average molecular weight is 146 g/mol. The summed E-state index contributed by atoms with van der Waals surface area (Å²) in [4.78, 5) is 13.2. The number of carbonyl (C=O) groups is 1. The van der Waals surface area contributed by atoms with E-state index in [1.54, 1.807) is 24.3 Å². The lowest BCUT2D eigenvalue weighted by Crippen LogP contribution is -1.91. The largest absolute Gasteiger partial charge is 0.329 e. The van der Waals surface area contributed by atoms with Crippen LogP contribution in [0.2, 0.25) is 0 Å². The standard InChI is InChI=1S/C8H6N2O/c1-9-7-2-4-8(5-3-7)10-6-11/h2-6H,(H,10,11). The van der Waals surface area contributed by atoms with Crippen LogP contribution in [0.1, 0.15) is 0 Å². The van der Waals surface area contributed by atoms with E-state index >= 15 is 0 Å². The Morgan fingerprint density at radius 2 is 2.00 bits per heavy atom. The van der Waals surface area contributed by atoms with Crippen molar-refractivity contribution in [2.75, 3.05) is 5.32 Å². The molecule has 1 aromatic rings. The van der Waals surface area contributed by atoms with Crippen molar-refractivity contribution in [3.05, 3.63) is 35.7 Å².